The Bertz CT molecular complexity index is 253. The zero-order valence-electron chi connectivity index (χ0n) is 12.4. The second kappa shape index (κ2) is 13.9. The molecule has 0 N–H and O–H groups in total. The number of hydrogen-bond donors (Lipinski definition) is 0. The average molecular weight is 266 g/mol. The molecule has 0 heterocycles. The molecule has 1 nitrogen and oxygen atoms in total. The fourth-order valence-electron chi connectivity index (χ4n) is 0.740. The maximum Gasteiger partial charge on any atom is 0.573 e. The van der Waals surface area contributed by atoms with Crippen LogP contribution in [0.1, 0.15) is 47.1 Å². The highest BCUT2D eigenvalue weighted by Crippen LogP contribution is 2.22. The molecule has 1 aromatic carbocycles. The van der Waals surface area contributed by atoms with Crippen LogP contribution in [0.4, 0.5) is 13.2 Å². The van der Waals surface area contributed by atoms with E-state index in [0.717, 1.165) is 5.56 Å². The number of aryl methyl sites for hydroxylation is 1. The van der Waals surface area contributed by atoms with E-state index in [1.165, 1.54) is 12.1 Å². The molecule has 0 aliphatic heterocycles. The number of alkyl halides is 3. The van der Waals surface area contributed by atoms with Gasteiger partial charge in [0.15, 0.2) is 0 Å². The fraction of sp³-hybridized carbons (Fsp3) is 0.571. The number of benzene rings is 1. The molecule has 0 saturated carbocycles. The molecule has 1 rings (SSSR count). The van der Waals surface area contributed by atoms with E-state index in [2.05, 4.69) is 4.74 Å². The van der Waals surface area contributed by atoms with Gasteiger partial charge in [0.1, 0.15) is 5.75 Å². The van der Waals surface area contributed by atoms with Crippen molar-refractivity contribution in [2.24, 2.45) is 0 Å². The van der Waals surface area contributed by atoms with Crippen LogP contribution in [0.2, 0.25) is 0 Å². The van der Waals surface area contributed by atoms with Crippen molar-refractivity contribution < 1.29 is 17.9 Å². The minimum absolute atomic E-state index is 0.187. The molecule has 0 radical (unpaired) electrons. The Balaban J connectivity index is -0.000000328. The summed E-state index contributed by atoms with van der Waals surface area (Å²) in [6.07, 6.45) is -4.60. The molecule has 0 unspecified atom stereocenters. The molecule has 0 fully saturated rings. The second-order valence-electron chi connectivity index (χ2n) is 2.36. The van der Waals surface area contributed by atoms with Gasteiger partial charge in [0.25, 0.3) is 0 Å². The van der Waals surface area contributed by atoms with Gasteiger partial charge in [-0.05, 0) is 19.1 Å². The van der Waals surface area contributed by atoms with Gasteiger partial charge in [-0.25, -0.2) is 0 Å². The number of rotatable bonds is 1. The van der Waals surface area contributed by atoms with E-state index in [-0.39, 0.29) is 5.75 Å². The summed E-state index contributed by atoms with van der Waals surface area (Å²) in [5, 5.41) is 0. The van der Waals surface area contributed by atoms with Gasteiger partial charge in [-0.1, -0.05) is 59.2 Å². The van der Waals surface area contributed by atoms with E-state index >= 15 is 0 Å². The highest BCUT2D eigenvalue weighted by molar-refractivity contribution is 5.26. The quantitative estimate of drug-likeness (QED) is 0.608. The second-order valence-corrected chi connectivity index (χ2v) is 2.36. The average Bonchev–Trinajstić information content (AvgIpc) is 2.38. The Kier molecular flexibility index (Phi) is 17.0. The van der Waals surface area contributed by atoms with Gasteiger partial charge < -0.3 is 4.74 Å². The van der Waals surface area contributed by atoms with E-state index in [1.54, 1.807) is 19.1 Å². The van der Waals surface area contributed by atoms with E-state index in [0.29, 0.717) is 0 Å². The third kappa shape index (κ3) is 14.8. The summed E-state index contributed by atoms with van der Waals surface area (Å²) >= 11 is 0. The van der Waals surface area contributed by atoms with Crippen LogP contribution in [0, 0.1) is 6.92 Å². The zero-order chi connectivity index (χ0) is 15.2. The third-order valence-corrected chi connectivity index (χ3v) is 1.25. The minimum Gasteiger partial charge on any atom is -0.406 e. The molecule has 0 saturated heterocycles. The number of hydrogen-bond acceptors (Lipinski definition) is 1. The smallest absolute Gasteiger partial charge is 0.406 e. The van der Waals surface area contributed by atoms with Crippen LogP contribution >= 0.6 is 0 Å². The fourth-order valence-corrected chi connectivity index (χ4v) is 0.740. The normalized spacial score (nSPS) is 8.56. The van der Waals surface area contributed by atoms with Crippen molar-refractivity contribution in [1.82, 2.24) is 0 Å². The van der Waals surface area contributed by atoms with E-state index in [1.807, 2.05) is 41.5 Å². The first-order chi connectivity index (χ1) is 8.47. The Hall–Kier alpha value is -1.19. The monoisotopic (exact) mass is 266 g/mol. The zero-order valence-corrected chi connectivity index (χ0v) is 12.4. The lowest BCUT2D eigenvalue weighted by molar-refractivity contribution is -0.274. The lowest BCUT2D eigenvalue weighted by atomic mass is 10.2. The van der Waals surface area contributed by atoms with Crippen LogP contribution in [-0.2, 0) is 0 Å². The highest BCUT2D eigenvalue weighted by atomic mass is 19.4. The van der Waals surface area contributed by atoms with Crippen molar-refractivity contribution in [1.29, 1.82) is 0 Å². The maximum atomic E-state index is 11.6. The molecule has 4 heteroatoms. The molecule has 0 aliphatic carbocycles. The standard InChI is InChI=1S/C8H7F3O.3C2H6/c1-6-2-4-7(5-3-6)12-8(9,10)11;3*1-2/h2-5H,1H3;3*1-2H3. The summed E-state index contributed by atoms with van der Waals surface area (Å²) in [4.78, 5) is 0. The molecular formula is C14H25F3O. The molecule has 0 aliphatic rings. The topological polar surface area (TPSA) is 9.23 Å². The Morgan fingerprint density at radius 3 is 1.39 bits per heavy atom. The van der Waals surface area contributed by atoms with Crippen molar-refractivity contribution >= 4 is 0 Å². The van der Waals surface area contributed by atoms with E-state index in [9.17, 15) is 13.2 Å². The molecule has 0 amide bonds. The van der Waals surface area contributed by atoms with Crippen LogP contribution in [-0.4, -0.2) is 6.36 Å². The van der Waals surface area contributed by atoms with Crippen molar-refractivity contribution in [2.75, 3.05) is 0 Å². The summed E-state index contributed by atoms with van der Waals surface area (Å²) in [6.45, 7) is 13.8. The van der Waals surface area contributed by atoms with Gasteiger partial charge in [0, 0.05) is 0 Å². The first-order valence-corrected chi connectivity index (χ1v) is 6.30. The van der Waals surface area contributed by atoms with Crippen molar-refractivity contribution in [2.45, 2.75) is 54.8 Å². The minimum atomic E-state index is -4.60. The molecule has 108 valence electrons. The largest absolute Gasteiger partial charge is 0.573 e. The first-order valence-electron chi connectivity index (χ1n) is 6.30. The van der Waals surface area contributed by atoms with Gasteiger partial charge >= 0.3 is 6.36 Å². The maximum absolute atomic E-state index is 11.6. The predicted molar refractivity (Wildman–Crippen MR) is 71.9 cm³/mol. The van der Waals surface area contributed by atoms with Gasteiger partial charge in [-0.15, -0.1) is 13.2 Å². The summed E-state index contributed by atoms with van der Waals surface area (Å²) in [7, 11) is 0. The summed E-state index contributed by atoms with van der Waals surface area (Å²) < 4.78 is 38.5. The van der Waals surface area contributed by atoms with Gasteiger partial charge in [0.05, 0.1) is 0 Å². The lowest BCUT2D eigenvalue weighted by Gasteiger charge is -2.08. The van der Waals surface area contributed by atoms with Gasteiger partial charge in [-0.2, -0.15) is 0 Å². The first kappa shape index (κ1) is 22.0. The summed E-state index contributed by atoms with van der Waals surface area (Å²) in [6, 6.07) is 5.67. The number of ether oxygens (including phenoxy) is 1. The van der Waals surface area contributed by atoms with Crippen molar-refractivity contribution in [3.63, 3.8) is 0 Å². The summed E-state index contributed by atoms with van der Waals surface area (Å²) in [5.41, 5.74) is 0.893. The van der Waals surface area contributed by atoms with Crippen LogP contribution in [0.5, 0.6) is 5.75 Å². The SMILES string of the molecule is CC.CC.CC.Cc1ccc(OC(F)(F)F)cc1. The van der Waals surface area contributed by atoms with Gasteiger partial charge in [-0.3, -0.25) is 0 Å². The van der Waals surface area contributed by atoms with Crippen LogP contribution in [0.25, 0.3) is 0 Å². The van der Waals surface area contributed by atoms with Crippen LogP contribution < -0.4 is 4.74 Å². The third-order valence-electron chi connectivity index (χ3n) is 1.25. The van der Waals surface area contributed by atoms with Crippen LogP contribution in [0.15, 0.2) is 24.3 Å². The van der Waals surface area contributed by atoms with Crippen molar-refractivity contribution in [3.05, 3.63) is 29.8 Å². The molecule has 1 aromatic rings. The molecule has 0 aromatic heterocycles. The lowest BCUT2D eigenvalue weighted by Crippen LogP contribution is -2.16. The molecule has 0 spiro atoms. The molecule has 0 bridgehead atoms. The predicted octanol–water partition coefficient (Wildman–Crippen LogP) is 5.97. The van der Waals surface area contributed by atoms with Gasteiger partial charge in [0.2, 0.25) is 0 Å². The number of halogens is 3. The Morgan fingerprint density at radius 2 is 1.11 bits per heavy atom. The Morgan fingerprint density at radius 1 is 0.778 bits per heavy atom. The molecule has 0 atom stereocenters. The van der Waals surface area contributed by atoms with Crippen LogP contribution in [0.3, 0.4) is 0 Å². The van der Waals surface area contributed by atoms with E-state index < -0.39 is 6.36 Å². The van der Waals surface area contributed by atoms with E-state index in [4.69, 9.17) is 0 Å². The Labute approximate surface area is 109 Å². The highest BCUT2D eigenvalue weighted by Gasteiger charge is 2.30. The molecule has 18 heavy (non-hydrogen) atoms. The molecular weight excluding hydrogens is 241 g/mol. The van der Waals surface area contributed by atoms with Crippen molar-refractivity contribution in [3.8, 4) is 5.75 Å². The summed E-state index contributed by atoms with van der Waals surface area (Å²) in [5.74, 6) is -0.187.